The van der Waals surface area contributed by atoms with Gasteiger partial charge in [0.1, 0.15) is 6.10 Å². The van der Waals surface area contributed by atoms with Gasteiger partial charge in [-0.2, -0.15) is 0 Å². The second-order valence-electron chi connectivity index (χ2n) is 5.96. The Hall–Kier alpha value is -2.79. The van der Waals surface area contributed by atoms with Gasteiger partial charge in [0.05, 0.1) is 5.56 Å². The van der Waals surface area contributed by atoms with E-state index in [4.69, 9.17) is 4.74 Å². The zero-order valence-corrected chi connectivity index (χ0v) is 13.6. The zero-order chi connectivity index (χ0) is 16.8. The van der Waals surface area contributed by atoms with E-state index in [0.717, 1.165) is 24.0 Å². The highest BCUT2D eigenvalue weighted by Crippen LogP contribution is 2.27. The van der Waals surface area contributed by atoms with Crippen LogP contribution in [-0.2, 0) is 11.2 Å². The minimum absolute atomic E-state index is 0.350. The van der Waals surface area contributed by atoms with Gasteiger partial charge in [0.2, 0.25) is 0 Å². The molecule has 1 aliphatic carbocycles. The van der Waals surface area contributed by atoms with E-state index in [1.54, 1.807) is 12.1 Å². The Kier molecular flexibility index (Phi) is 5.13. The van der Waals surface area contributed by atoms with Gasteiger partial charge in [0.15, 0.2) is 0 Å². The van der Waals surface area contributed by atoms with Crippen LogP contribution < -0.4 is 0 Å². The number of esters is 1. The van der Waals surface area contributed by atoms with E-state index in [1.165, 1.54) is 0 Å². The third-order valence-electron chi connectivity index (χ3n) is 3.94. The maximum absolute atomic E-state index is 12.5. The van der Waals surface area contributed by atoms with Crippen LogP contribution in [0.2, 0.25) is 0 Å². The first-order chi connectivity index (χ1) is 11.8. The predicted molar refractivity (Wildman–Crippen MR) is 95.6 cm³/mol. The van der Waals surface area contributed by atoms with E-state index in [2.05, 4.69) is 18.4 Å². The van der Waals surface area contributed by atoms with Crippen LogP contribution in [0.5, 0.6) is 0 Å². The van der Waals surface area contributed by atoms with Crippen molar-refractivity contribution in [1.82, 2.24) is 0 Å². The lowest BCUT2D eigenvalue weighted by Gasteiger charge is -2.15. The molecule has 2 nitrogen and oxygen atoms in total. The average molecular weight is 316 g/mol. The monoisotopic (exact) mass is 316 g/mol. The molecule has 2 heteroatoms. The van der Waals surface area contributed by atoms with Crippen LogP contribution in [0, 0.1) is 17.8 Å². The number of carbonyl (C=O) groups is 1. The molecule has 2 aromatic carbocycles. The Morgan fingerprint density at radius 2 is 1.88 bits per heavy atom. The Morgan fingerprint density at radius 3 is 2.58 bits per heavy atom. The fraction of sp³-hybridized carbons (Fsp3) is 0.227. The molecule has 3 rings (SSSR count). The third-order valence-corrected chi connectivity index (χ3v) is 3.94. The lowest BCUT2D eigenvalue weighted by molar-refractivity contribution is 0.0396. The van der Waals surface area contributed by atoms with Gasteiger partial charge in [-0.05, 0) is 30.5 Å². The van der Waals surface area contributed by atoms with Gasteiger partial charge < -0.3 is 4.74 Å². The molecule has 1 fully saturated rings. The van der Waals surface area contributed by atoms with Crippen molar-refractivity contribution in [2.24, 2.45) is 5.92 Å². The molecule has 0 spiro atoms. The van der Waals surface area contributed by atoms with Crippen molar-refractivity contribution in [1.29, 1.82) is 0 Å². The quantitative estimate of drug-likeness (QED) is 0.464. The molecule has 1 atom stereocenters. The third kappa shape index (κ3) is 4.36. The average Bonchev–Trinajstić information content (AvgIpc) is 3.45. The summed E-state index contributed by atoms with van der Waals surface area (Å²) in [4.78, 5) is 12.5. The second-order valence-corrected chi connectivity index (χ2v) is 5.96. The van der Waals surface area contributed by atoms with Crippen molar-refractivity contribution in [3.8, 4) is 11.8 Å². The minimum atomic E-state index is -0.357. The summed E-state index contributed by atoms with van der Waals surface area (Å²) in [5.41, 5.74) is 2.36. The highest BCUT2D eigenvalue weighted by Gasteiger charge is 2.19. The van der Waals surface area contributed by atoms with E-state index < -0.39 is 0 Å². The van der Waals surface area contributed by atoms with E-state index in [-0.39, 0.29) is 12.1 Å². The van der Waals surface area contributed by atoms with Crippen LogP contribution in [0.4, 0.5) is 0 Å². The van der Waals surface area contributed by atoms with Crippen molar-refractivity contribution >= 4 is 5.97 Å². The first-order valence-electron chi connectivity index (χ1n) is 8.24. The Balaban J connectivity index is 1.72. The molecule has 0 amide bonds. The number of hydrogen-bond acceptors (Lipinski definition) is 2. The molecule has 24 heavy (non-hydrogen) atoms. The number of ether oxygens (including phenoxy) is 1. The summed E-state index contributed by atoms with van der Waals surface area (Å²) in [5, 5.41) is 0. The molecule has 1 unspecified atom stereocenters. The molecular weight excluding hydrogens is 296 g/mol. The molecule has 120 valence electrons. The topological polar surface area (TPSA) is 26.3 Å². The molecule has 0 heterocycles. The molecular formula is C22H20O2. The number of rotatable bonds is 5. The fourth-order valence-corrected chi connectivity index (χ4v) is 2.40. The summed E-state index contributed by atoms with van der Waals surface area (Å²) in [7, 11) is 0. The summed E-state index contributed by atoms with van der Waals surface area (Å²) in [6.45, 7) is 3.79. The molecule has 0 saturated heterocycles. The van der Waals surface area contributed by atoms with Crippen LogP contribution in [-0.4, -0.2) is 12.1 Å². The van der Waals surface area contributed by atoms with Crippen molar-refractivity contribution in [2.45, 2.75) is 25.4 Å². The number of carbonyl (C=O) groups excluding carboxylic acids is 1. The standard InChI is InChI=1S/C22H20O2/c1-2-20(16-18-8-4-3-5-9-18)24-22(23)21-11-7-6-10-19(21)15-14-17-12-13-17/h2-11,17,20H,1,12-13,16H2. The second kappa shape index (κ2) is 7.66. The van der Waals surface area contributed by atoms with Crippen LogP contribution in [0.25, 0.3) is 0 Å². The van der Waals surface area contributed by atoms with Gasteiger partial charge in [-0.3, -0.25) is 0 Å². The SMILES string of the molecule is C=CC(Cc1ccccc1)OC(=O)c1ccccc1C#CC1CC1. The van der Waals surface area contributed by atoms with Crippen molar-refractivity contribution in [2.75, 3.05) is 0 Å². The first-order valence-corrected chi connectivity index (χ1v) is 8.24. The maximum atomic E-state index is 12.5. The molecule has 0 aliphatic heterocycles. The summed E-state index contributed by atoms with van der Waals surface area (Å²) in [6.07, 6.45) is 4.25. The van der Waals surface area contributed by atoms with Gasteiger partial charge in [0, 0.05) is 17.9 Å². The van der Waals surface area contributed by atoms with Gasteiger partial charge in [-0.25, -0.2) is 4.79 Å². The van der Waals surface area contributed by atoms with Crippen LogP contribution in [0.15, 0.2) is 67.3 Å². The summed E-state index contributed by atoms with van der Waals surface area (Å²) >= 11 is 0. The lowest BCUT2D eigenvalue weighted by Crippen LogP contribution is -2.19. The molecule has 0 bridgehead atoms. The molecule has 1 saturated carbocycles. The highest BCUT2D eigenvalue weighted by atomic mass is 16.5. The first kappa shape index (κ1) is 16.1. The normalized spacial score (nSPS) is 14.2. The predicted octanol–water partition coefficient (Wildman–Crippen LogP) is 4.40. The van der Waals surface area contributed by atoms with Gasteiger partial charge in [-0.15, -0.1) is 0 Å². The van der Waals surface area contributed by atoms with Gasteiger partial charge in [0.25, 0.3) is 0 Å². The minimum Gasteiger partial charge on any atom is -0.454 e. The zero-order valence-electron chi connectivity index (χ0n) is 13.6. The van der Waals surface area contributed by atoms with Crippen LogP contribution in [0.3, 0.4) is 0 Å². The largest absolute Gasteiger partial charge is 0.454 e. The Bertz CT molecular complexity index is 776. The van der Waals surface area contributed by atoms with Crippen molar-refractivity contribution in [3.05, 3.63) is 83.9 Å². The van der Waals surface area contributed by atoms with Crippen LogP contribution >= 0.6 is 0 Å². The van der Waals surface area contributed by atoms with Gasteiger partial charge in [-0.1, -0.05) is 67.0 Å². The summed E-state index contributed by atoms with van der Waals surface area (Å²) in [5.74, 6) is 6.46. The Labute approximate surface area is 143 Å². The smallest absolute Gasteiger partial charge is 0.340 e. The van der Waals surface area contributed by atoms with Crippen LogP contribution in [0.1, 0.15) is 34.3 Å². The Morgan fingerprint density at radius 1 is 1.17 bits per heavy atom. The molecule has 1 aliphatic rings. The molecule has 2 aromatic rings. The fourth-order valence-electron chi connectivity index (χ4n) is 2.40. The number of benzene rings is 2. The van der Waals surface area contributed by atoms with E-state index in [9.17, 15) is 4.79 Å². The highest BCUT2D eigenvalue weighted by molar-refractivity contribution is 5.92. The van der Waals surface area contributed by atoms with Gasteiger partial charge >= 0.3 is 5.97 Å². The van der Waals surface area contributed by atoms with Crippen molar-refractivity contribution in [3.63, 3.8) is 0 Å². The lowest BCUT2D eigenvalue weighted by atomic mass is 10.1. The van der Waals surface area contributed by atoms with Crippen molar-refractivity contribution < 1.29 is 9.53 Å². The van der Waals surface area contributed by atoms with E-state index >= 15 is 0 Å². The summed E-state index contributed by atoms with van der Waals surface area (Å²) < 4.78 is 5.63. The number of hydrogen-bond donors (Lipinski definition) is 0. The molecule has 0 radical (unpaired) electrons. The van der Waals surface area contributed by atoms with E-state index in [1.807, 2.05) is 48.5 Å². The van der Waals surface area contributed by atoms with E-state index in [0.29, 0.717) is 17.9 Å². The molecule has 0 aromatic heterocycles. The summed E-state index contributed by atoms with van der Waals surface area (Å²) in [6, 6.07) is 17.3. The molecule has 0 N–H and O–H groups in total. The maximum Gasteiger partial charge on any atom is 0.340 e.